The number of nitrogens with one attached hydrogen (secondary N) is 1. The van der Waals surface area contributed by atoms with E-state index in [-0.39, 0.29) is 10.9 Å². The van der Waals surface area contributed by atoms with Crippen molar-refractivity contribution in [3.05, 3.63) is 11.5 Å². The quantitative estimate of drug-likeness (QED) is 0.841. The van der Waals surface area contributed by atoms with Crippen molar-refractivity contribution in [1.29, 1.82) is 0 Å². The zero-order chi connectivity index (χ0) is 14.8. The van der Waals surface area contributed by atoms with E-state index in [9.17, 15) is 8.42 Å². The highest BCUT2D eigenvalue weighted by Gasteiger charge is 2.25. The molecule has 2 rings (SSSR count). The van der Waals surface area contributed by atoms with Crippen molar-refractivity contribution < 1.29 is 17.7 Å². The summed E-state index contributed by atoms with van der Waals surface area (Å²) in [4.78, 5) is 2.35. The fraction of sp³-hybridized carbons (Fsp3) is 0.750. The molecule has 7 nitrogen and oxygen atoms in total. The van der Waals surface area contributed by atoms with Crippen LogP contribution in [0.4, 0.5) is 0 Å². The summed E-state index contributed by atoms with van der Waals surface area (Å²) in [5.74, 6) is 0.314. The lowest BCUT2D eigenvalue weighted by atomic mass is 10.2. The number of sulfonamides is 1. The van der Waals surface area contributed by atoms with Gasteiger partial charge < -0.3 is 9.26 Å². The van der Waals surface area contributed by atoms with Gasteiger partial charge in [-0.3, -0.25) is 4.90 Å². The second-order valence-electron chi connectivity index (χ2n) is 5.00. The number of nitrogens with zero attached hydrogens (tertiary/aromatic N) is 2. The maximum Gasteiger partial charge on any atom is 0.246 e. The van der Waals surface area contributed by atoms with Gasteiger partial charge in [-0.2, -0.15) is 0 Å². The molecule has 1 aliphatic rings. The molecule has 0 radical (unpaired) electrons. The molecule has 1 unspecified atom stereocenters. The van der Waals surface area contributed by atoms with Crippen LogP contribution in [0.5, 0.6) is 0 Å². The maximum absolute atomic E-state index is 12.3. The number of aromatic nitrogens is 1. The Hall–Kier alpha value is -0.960. The third kappa shape index (κ3) is 3.38. The molecule has 0 amide bonds. The summed E-state index contributed by atoms with van der Waals surface area (Å²) in [6, 6.07) is 0.120. The van der Waals surface area contributed by atoms with Crippen molar-refractivity contribution in [2.75, 3.05) is 32.8 Å². The van der Waals surface area contributed by atoms with Crippen molar-refractivity contribution in [3.8, 4) is 0 Å². The topological polar surface area (TPSA) is 84.7 Å². The lowest BCUT2D eigenvalue weighted by Gasteiger charge is -2.32. The van der Waals surface area contributed by atoms with Crippen LogP contribution in [0.3, 0.4) is 0 Å². The molecule has 1 N–H and O–H groups in total. The van der Waals surface area contributed by atoms with Crippen molar-refractivity contribution in [3.63, 3.8) is 0 Å². The molecule has 1 aliphatic heterocycles. The molecular weight excluding hydrogens is 282 g/mol. The number of hydrogen-bond donors (Lipinski definition) is 1. The fourth-order valence-corrected chi connectivity index (χ4v) is 3.75. The Balaban J connectivity index is 1.99. The van der Waals surface area contributed by atoms with Crippen molar-refractivity contribution in [2.24, 2.45) is 0 Å². The van der Waals surface area contributed by atoms with E-state index in [4.69, 9.17) is 9.26 Å². The first-order chi connectivity index (χ1) is 9.42. The third-order valence-electron chi connectivity index (χ3n) is 3.47. The Morgan fingerprint density at radius 2 is 2.00 bits per heavy atom. The lowest BCUT2D eigenvalue weighted by Crippen LogP contribution is -2.47. The first kappa shape index (κ1) is 15.4. The summed E-state index contributed by atoms with van der Waals surface area (Å²) in [7, 11) is -3.58. The number of hydrogen-bond acceptors (Lipinski definition) is 6. The van der Waals surface area contributed by atoms with E-state index >= 15 is 0 Å². The van der Waals surface area contributed by atoms with Crippen LogP contribution in [0, 0.1) is 13.8 Å². The summed E-state index contributed by atoms with van der Waals surface area (Å²) in [5, 5.41) is 3.68. The Morgan fingerprint density at radius 3 is 2.55 bits per heavy atom. The fourth-order valence-electron chi connectivity index (χ4n) is 2.31. The molecule has 0 spiro atoms. The molecule has 1 saturated heterocycles. The van der Waals surface area contributed by atoms with Crippen LogP contribution in [0.15, 0.2) is 9.42 Å². The highest BCUT2D eigenvalue weighted by Crippen LogP contribution is 2.18. The van der Waals surface area contributed by atoms with E-state index in [1.807, 2.05) is 6.92 Å². The molecule has 1 aromatic rings. The van der Waals surface area contributed by atoms with Gasteiger partial charge in [0.25, 0.3) is 0 Å². The van der Waals surface area contributed by atoms with E-state index in [1.54, 1.807) is 13.8 Å². The monoisotopic (exact) mass is 303 g/mol. The largest absolute Gasteiger partial charge is 0.379 e. The Morgan fingerprint density at radius 1 is 1.35 bits per heavy atom. The molecule has 0 aromatic carbocycles. The average Bonchev–Trinajstić information content (AvgIpc) is 2.77. The van der Waals surface area contributed by atoms with Crippen molar-refractivity contribution >= 4 is 10.0 Å². The van der Waals surface area contributed by atoms with Crippen LogP contribution in [-0.4, -0.2) is 57.4 Å². The van der Waals surface area contributed by atoms with E-state index in [0.29, 0.717) is 31.2 Å². The molecule has 0 aliphatic carbocycles. The van der Waals surface area contributed by atoms with Gasteiger partial charge in [-0.15, -0.1) is 0 Å². The van der Waals surface area contributed by atoms with E-state index in [1.165, 1.54) is 0 Å². The van der Waals surface area contributed by atoms with Crippen LogP contribution in [0.25, 0.3) is 0 Å². The Bertz CT molecular complexity index is 530. The van der Waals surface area contributed by atoms with Gasteiger partial charge in [0.05, 0.1) is 13.2 Å². The SMILES string of the molecule is Cc1noc(C)c1S(=O)(=O)NCC(C)N1CCOCC1. The molecule has 1 aromatic heterocycles. The van der Waals surface area contributed by atoms with E-state index in [0.717, 1.165) is 13.1 Å². The summed E-state index contributed by atoms with van der Waals surface area (Å²) in [6.45, 7) is 8.62. The number of rotatable bonds is 5. The molecule has 8 heteroatoms. The van der Waals surface area contributed by atoms with Crippen LogP contribution in [-0.2, 0) is 14.8 Å². The molecule has 20 heavy (non-hydrogen) atoms. The van der Waals surface area contributed by atoms with E-state index in [2.05, 4.69) is 14.8 Å². The minimum absolute atomic E-state index is 0.120. The second-order valence-corrected chi connectivity index (χ2v) is 6.71. The van der Waals surface area contributed by atoms with Gasteiger partial charge >= 0.3 is 0 Å². The summed E-state index contributed by atoms with van der Waals surface area (Å²) < 4.78 is 37.4. The van der Waals surface area contributed by atoms with Crippen LogP contribution in [0.1, 0.15) is 18.4 Å². The predicted molar refractivity (Wildman–Crippen MR) is 73.0 cm³/mol. The van der Waals surface area contributed by atoms with Gasteiger partial charge in [0, 0.05) is 25.7 Å². The molecule has 0 bridgehead atoms. The zero-order valence-corrected chi connectivity index (χ0v) is 12.9. The van der Waals surface area contributed by atoms with Crippen molar-refractivity contribution in [2.45, 2.75) is 31.7 Å². The second kappa shape index (κ2) is 6.21. The van der Waals surface area contributed by atoms with Gasteiger partial charge in [-0.1, -0.05) is 5.16 Å². The molecule has 114 valence electrons. The summed E-state index contributed by atoms with van der Waals surface area (Å²) in [6.07, 6.45) is 0. The average molecular weight is 303 g/mol. The minimum atomic E-state index is -3.58. The lowest BCUT2D eigenvalue weighted by molar-refractivity contribution is 0.0213. The summed E-state index contributed by atoms with van der Waals surface area (Å²) >= 11 is 0. The Labute approximate surface area is 119 Å². The van der Waals surface area contributed by atoms with Crippen LogP contribution >= 0.6 is 0 Å². The predicted octanol–water partition coefficient (Wildman–Crippen LogP) is 0.290. The van der Waals surface area contributed by atoms with Crippen LogP contribution in [0.2, 0.25) is 0 Å². The van der Waals surface area contributed by atoms with Gasteiger partial charge in [-0.05, 0) is 20.8 Å². The smallest absolute Gasteiger partial charge is 0.246 e. The Kier molecular flexibility index (Phi) is 4.79. The number of aryl methyl sites for hydroxylation is 2. The number of morpholine rings is 1. The molecule has 1 atom stereocenters. The number of ether oxygens (including phenoxy) is 1. The first-order valence-electron chi connectivity index (χ1n) is 6.66. The van der Waals surface area contributed by atoms with E-state index < -0.39 is 10.0 Å². The van der Waals surface area contributed by atoms with Gasteiger partial charge in [0.2, 0.25) is 10.0 Å². The highest BCUT2D eigenvalue weighted by molar-refractivity contribution is 7.89. The highest BCUT2D eigenvalue weighted by atomic mass is 32.2. The van der Waals surface area contributed by atoms with Gasteiger partial charge in [-0.25, -0.2) is 13.1 Å². The molecule has 0 saturated carbocycles. The first-order valence-corrected chi connectivity index (χ1v) is 8.14. The van der Waals surface area contributed by atoms with Gasteiger partial charge in [0.15, 0.2) is 5.76 Å². The van der Waals surface area contributed by atoms with Crippen molar-refractivity contribution in [1.82, 2.24) is 14.8 Å². The molecule has 1 fully saturated rings. The van der Waals surface area contributed by atoms with Crippen LogP contribution < -0.4 is 4.72 Å². The standard InChI is InChI=1S/C12H21N3O4S/c1-9(15-4-6-18-7-5-15)8-13-20(16,17)12-10(2)14-19-11(12)3/h9,13H,4-8H2,1-3H3. The normalized spacial score (nSPS) is 19.1. The zero-order valence-electron chi connectivity index (χ0n) is 12.0. The minimum Gasteiger partial charge on any atom is -0.379 e. The third-order valence-corrected chi connectivity index (χ3v) is 5.14. The maximum atomic E-state index is 12.3. The molecular formula is C12H21N3O4S. The molecule has 2 heterocycles. The van der Waals surface area contributed by atoms with Gasteiger partial charge in [0.1, 0.15) is 10.6 Å². The summed E-state index contributed by atoms with van der Waals surface area (Å²) in [5.41, 5.74) is 0.383.